The highest BCUT2D eigenvalue weighted by Gasteiger charge is 2.16. The first kappa shape index (κ1) is 17.9. The summed E-state index contributed by atoms with van der Waals surface area (Å²) in [6, 6.07) is 9.36. The summed E-state index contributed by atoms with van der Waals surface area (Å²) < 4.78 is 13.6. The molecule has 150 valence electrons. The number of hydrogen-bond acceptors (Lipinski definition) is 5. The van der Waals surface area contributed by atoms with E-state index in [4.69, 9.17) is 0 Å². The lowest BCUT2D eigenvalue weighted by Crippen LogP contribution is -1.86. The van der Waals surface area contributed by atoms with Crippen molar-refractivity contribution in [1.82, 2.24) is 30.1 Å². The van der Waals surface area contributed by atoms with Gasteiger partial charge in [0, 0.05) is 45.4 Å². The quantitative estimate of drug-likeness (QED) is 0.378. The van der Waals surface area contributed by atoms with E-state index in [0.717, 1.165) is 71.8 Å². The van der Waals surface area contributed by atoms with Crippen molar-refractivity contribution in [3.63, 3.8) is 0 Å². The number of nitrogens with zero attached hydrogens (tertiary/aromatic N) is 4. The number of aromatic nitrogens is 6. The van der Waals surface area contributed by atoms with Gasteiger partial charge >= 0.3 is 0 Å². The lowest BCUT2D eigenvalue weighted by molar-refractivity contribution is 0.657. The molecule has 6 aromatic rings. The third kappa shape index (κ3) is 3.00. The van der Waals surface area contributed by atoms with Crippen molar-refractivity contribution in [2.75, 3.05) is 0 Å². The van der Waals surface area contributed by atoms with Gasteiger partial charge in [-0.1, -0.05) is 0 Å². The summed E-state index contributed by atoms with van der Waals surface area (Å²) in [5, 5.41) is 9.30. The first-order valence-corrected chi connectivity index (χ1v) is 10.5. The van der Waals surface area contributed by atoms with E-state index < -0.39 is 0 Å². The zero-order chi connectivity index (χ0) is 20.9. The van der Waals surface area contributed by atoms with Crippen LogP contribution < -0.4 is 0 Å². The third-order valence-corrected chi connectivity index (χ3v) is 6.16. The maximum atomic E-state index is 13.6. The molecule has 0 unspecified atom stereocenters. The van der Waals surface area contributed by atoms with Crippen LogP contribution in [0.15, 0.2) is 61.3 Å². The van der Waals surface area contributed by atoms with Gasteiger partial charge in [-0.25, -0.2) is 0 Å². The van der Waals surface area contributed by atoms with Gasteiger partial charge in [-0.2, -0.15) is 9.49 Å². The molecule has 0 bridgehead atoms. The van der Waals surface area contributed by atoms with Gasteiger partial charge in [-0.3, -0.25) is 20.1 Å². The Bertz CT molecular complexity index is 1580. The number of fused-ring (bicyclic) bond motifs is 2. The fourth-order valence-corrected chi connectivity index (χ4v) is 4.56. The number of thiophene rings is 1. The number of pyridine rings is 3. The minimum Gasteiger partial charge on any atom is -0.352 e. The number of aryl methyl sites for hydroxylation is 1. The van der Waals surface area contributed by atoms with E-state index in [1.165, 1.54) is 6.07 Å². The molecule has 0 aromatic carbocycles. The van der Waals surface area contributed by atoms with E-state index >= 15 is 0 Å². The van der Waals surface area contributed by atoms with Crippen LogP contribution in [-0.2, 0) is 0 Å². The molecule has 6 rings (SSSR count). The first-order valence-electron chi connectivity index (χ1n) is 9.65. The summed E-state index contributed by atoms with van der Waals surface area (Å²) in [6.45, 7) is 2.01. The number of halogens is 1. The molecular weight excluding hydrogens is 411 g/mol. The number of nitrogens with one attached hydrogen (secondary N) is 2. The van der Waals surface area contributed by atoms with Crippen LogP contribution >= 0.6 is 11.3 Å². The molecule has 0 saturated heterocycles. The smallest absolute Gasteiger partial charge is 0.176 e. The Kier molecular flexibility index (Phi) is 3.94. The van der Waals surface area contributed by atoms with Gasteiger partial charge in [0.05, 0.1) is 34.8 Å². The second-order valence-corrected chi connectivity index (χ2v) is 8.41. The van der Waals surface area contributed by atoms with Gasteiger partial charge in [0.25, 0.3) is 0 Å². The Morgan fingerprint density at radius 3 is 2.65 bits per heavy atom. The van der Waals surface area contributed by atoms with E-state index in [1.54, 1.807) is 24.7 Å². The van der Waals surface area contributed by atoms with Crippen LogP contribution in [0.1, 0.15) is 5.56 Å². The molecule has 6 heterocycles. The van der Waals surface area contributed by atoms with E-state index in [1.807, 2.05) is 31.5 Å². The fourth-order valence-electron chi connectivity index (χ4n) is 3.81. The van der Waals surface area contributed by atoms with Gasteiger partial charge in [-0.15, -0.1) is 11.3 Å². The highest BCUT2D eigenvalue weighted by Crippen LogP contribution is 2.36. The second-order valence-electron chi connectivity index (χ2n) is 7.37. The highest BCUT2D eigenvalue weighted by atomic mass is 32.1. The predicted octanol–water partition coefficient (Wildman–Crippen LogP) is 5.74. The Balaban J connectivity index is 1.51. The summed E-state index contributed by atoms with van der Waals surface area (Å²) >= 11 is 1.11. The van der Waals surface area contributed by atoms with E-state index in [9.17, 15) is 4.39 Å². The van der Waals surface area contributed by atoms with Crippen LogP contribution in [0.3, 0.4) is 0 Å². The number of aromatic amines is 2. The highest BCUT2D eigenvalue weighted by molar-refractivity contribution is 7.14. The molecule has 0 atom stereocenters. The Morgan fingerprint density at radius 1 is 0.903 bits per heavy atom. The molecule has 0 saturated carbocycles. The monoisotopic (exact) mass is 426 g/mol. The second kappa shape index (κ2) is 6.82. The normalized spacial score (nSPS) is 11.5. The maximum Gasteiger partial charge on any atom is 0.176 e. The van der Waals surface area contributed by atoms with Gasteiger partial charge in [0.2, 0.25) is 0 Å². The lowest BCUT2D eigenvalue weighted by Gasteiger charge is -2.02. The molecule has 0 fully saturated rings. The van der Waals surface area contributed by atoms with E-state index in [-0.39, 0.29) is 5.13 Å². The first-order chi connectivity index (χ1) is 15.2. The largest absolute Gasteiger partial charge is 0.352 e. The number of rotatable bonds is 3. The molecule has 0 aliphatic rings. The zero-order valence-corrected chi connectivity index (χ0v) is 17.2. The minimum atomic E-state index is -0.216. The van der Waals surface area contributed by atoms with Crippen LogP contribution in [0, 0.1) is 12.1 Å². The molecule has 6 aromatic heterocycles. The molecule has 0 aliphatic carbocycles. The topological polar surface area (TPSA) is 83.1 Å². The molecule has 8 heteroatoms. The van der Waals surface area contributed by atoms with Crippen molar-refractivity contribution < 1.29 is 4.39 Å². The Hall–Kier alpha value is -3.91. The van der Waals surface area contributed by atoms with Crippen LogP contribution in [0.5, 0.6) is 0 Å². The van der Waals surface area contributed by atoms with Crippen molar-refractivity contribution in [3.8, 4) is 33.1 Å². The summed E-state index contributed by atoms with van der Waals surface area (Å²) in [5.74, 6) is 0. The Morgan fingerprint density at radius 2 is 1.81 bits per heavy atom. The number of hydrogen-bond donors (Lipinski definition) is 2. The molecular formula is C23H15FN6S. The van der Waals surface area contributed by atoms with Crippen molar-refractivity contribution >= 4 is 33.1 Å². The summed E-state index contributed by atoms with van der Waals surface area (Å²) in [6.07, 6.45) is 8.95. The molecule has 6 nitrogen and oxygen atoms in total. The van der Waals surface area contributed by atoms with Crippen LogP contribution in [-0.4, -0.2) is 30.1 Å². The summed E-state index contributed by atoms with van der Waals surface area (Å²) in [5.41, 5.74) is 7.11. The zero-order valence-electron chi connectivity index (χ0n) is 16.3. The van der Waals surface area contributed by atoms with Gasteiger partial charge < -0.3 is 4.98 Å². The van der Waals surface area contributed by atoms with E-state index in [0.29, 0.717) is 0 Å². The molecule has 31 heavy (non-hydrogen) atoms. The van der Waals surface area contributed by atoms with Gasteiger partial charge in [0.1, 0.15) is 5.69 Å². The third-order valence-electron chi connectivity index (χ3n) is 5.26. The van der Waals surface area contributed by atoms with Gasteiger partial charge in [-0.05, 0) is 42.8 Å². The summed E-state index contributed by atoms with van der Waals surface area (Å²) in [7, 11) is 0. The average Bonchev–Trinajstić information content (AvgIpc) is 3.50. The molecule has 0 spiro atoms. The van der Waals surface area contributed by atoms with Crippen LogP contribution in [0.2, 0.25) is 0 Å². The van der Waals surface area contributed by atoms with Crippen molar-refractivity contribution in [2.45, 2.75) is 6.92 Å². The van der Waals surface area contributed by atoms with Gasteiger partial charge in [0.15, 0.2) is 5.13 Å². The fraction of sp³-hybridized carbons (Fsp3) is 0.0435. The number of H-pyrrole nitrogens is 2. The lowest BCUT2D eigenvalue weighted by atomic mass is 10.1. The molecule has 0 amide bonds. The van der Waals surface area contributed by atoms with Crippen molar-refractivity contribution in [1.29, 1.82) is 0 Å². The molecule has 2 N–H and O–H groups in total. The van der Waals surface area contributed by atoms with E-state index in [2.05, 4.69) is 36.2 Å². The minimum absolute atomic E-state index is 0.216. The predicted molar refractivity (Wildman–Crippen MR) is 120 cm³/mol. The van der Waals surface area contributed by atoms with Crippen molar-refractivity contribution in [2.24, 2.45) is 0 Å². The molecule has 0 radical (unpaired) electrons. The van der Waals surface area contributed by atoms with Crippen LogP contribution in [0.25, 0.3) is 54.9 Å². The average molecular weight is 426 g/mol. The maximum absolute atomic E-state index is 13.6. The molecule has 0 aliphatic heterocycles. The van der Waals surface area contributed by atoms with Crippen LogP contribution in [0.4, 0.5) is 4.39 Å². The summed E-state index contributed by atoms with van der Waals surface area (Å²) in [4.78, 5) is 17.4. The Labute approximate surface area is 179 Å². The van der Waals surface area contributed by atoms with Crippen molar-refractivity contribution in [3.05, 3.63) is 72.0 Å². The SMILES string of the molecule is Cc1cncc(-c2cc3c(-c4cc5c(-c6ccc(F)s6)cncc5[nH]4)n[nH]c3cn2)c1. The standard InChI is InChI=1S/C23H15FN6S/c1-12-4-13(8-25-7-12)17-6-15-20(11-27-17)29-30-23(15)18-5-14-16(9-26-10-19(14)28-18)21-2-3-22(24)31-21/h2-11,28H,1H3,(H,29,30).